The molecule has 3 unspecified atom stereocenters. The number of hydrogen-bond donors (Lipinski definition) is 9. The number of hydrogen-bond acceptors (Lipinski definition) is 13. The second-order valence-corrected chi connectivity index (χ2v) is 11.2. The molecule has 11 atom stereocenters. The summed E-state index contributed by atoms with van der Waals surface area (Å²) in [4.78, 5) is 12.5. The Hall–Kier alpha value is -1.43. The summed E-state index contributed by atoms with van der Waals surface area (Å²) in [5, 5.41) is 46.9. The molecule has 0 spiro atoms. The van der Waals surface area contributed by atoms with Gasteiger partial charge in [0.25, 0.3) is 0 Å². The van der Waals surface area contributed by atoms with Gasteiger partial charge in [-0.3, -0.25) is 4.79 Å². The summed E-state index contributed by atoms with van der Waals surface area (Å²) in [7, 11) is 0. The Morgan fingerprint density at radius 3 is 2.67 bits per heavy atom. The minimum absolute atomic E-state index is 0.0492. The van der Waals surface area contributed by atoms with E-state index in [9.17, 15) is 20.1 Å². The molecule has 1 aliphatic carbocycles. The molecule has 1 saturated carbocycles. The van der Waals surface area contributed by atoms with Gasteiger partial charge in [0, 0.05) is 25.6 Å². The molecule has 2 heterocycles. The number of carbonyl (C=O) groups is 1. The van der Waals surface area contributed by atoms with E-state index < -0.39 is 66.6 Å². The fraction of sp³-hybridized carbons (Fsp3) is 0.885. The molecule has 3 rings (SSSR count). The largest absolute Gasteiger partial charge is 0.467 e. The normalized spacial score (nSPS) is 39.2. The number of nitrogens with two attached hydrogens (primary N) is 3. The lowest BCUT2D eigenvalue weighted by Gasteiger charge is -2.47. The first kappa shape index (κ1) is 33.1. The van der Waals surface area contributed by atoms with Crippen LogP contribution in [0.25, 0.3) is 0 Å². The van der Waals surface area contributed by atoms with Crippen molar-refractivity contribution in [3.8, 4) is 0 Å². The Labute approximate surface area is 235 Å². The smallest absolute Gasteiger partial charge is 0.250 e. The van der Waals surface area contributed by atoms with Crippen LogP contribution >= 0.6 is 0 Å². The van der Waals surface area contributed by atoms with Gasteiger partial charge in [0.05, 0.1) is 30.8 Å². The number of amides is 1. The number of rotatable bonds is 13. The third kappa shape index (κ3) is 8.55. The van der Waals surface area contributed by atoms with Crippen LogP contribution in [0.1, 0.15) is 46.0 Å². The number of aliphatic hydroxyl groups excluding tert-OH is 3. The molecule has 1 amide bonds. The number of carbonyl (C=O) groups excluding carboxylic acids is 1. The topological polar surface area (TPSA) is 237 Å². The van der Waals surface area contributed by atoms with E-state index in [1.807, 2.05) is 13.0 Å². The van der Waals surface area contributed by atoms with Crippen molar-refractivity contribution < 1.29 is 44.2 Å². The standard InChI is InChI=1S/C26H49N5O9/c1-3-14-9-20(37-13-26(14,2)36)39-23-18(31-24(35)19(33)11-27)10-17(29)22(21(23)34)40-25-16(28)6-5-15(38-25)12-30-7-4-8-32/h5,14,16-23,25,30,32-34,36H,3-4,6-13,27-29H2,1-2H3,(H,31,35)/t14-,16-,17?,18?,19+,20?,21+,22-,23+,25-,26+/m1/s1. The van der Waals surface area contributed by atoms with Crippen molar-refractivity contribution in [1.29, 1.82) is 0 Å². The van der Waals surface area contributed by atoms with Crippen LogP contribution in [0.15, 0.2) is 11.8 Å². The van der Waals surface area contributed by atoms with Crippen LogP contribution in [0.4, 0.5) is 0 Å². The molecule has 0 aromatic carbocycles. The van der Waals surface area contributed by atoms with Crippen molar-refractivity contribution >= 4 is 5.91 Å². The van der Waals surface area contributed by atoms with Crippen LogP contribution in [0.2, 0.25) is 0 Å². The summed E-state index contributed by atoms with van der Waals surface area (Å²) >= 11 is 0. The molecule has 12 N–H and O–H groups in total. The molecule has 232 valence electrons. The monoisotopic (exact) mass is 575 g/mol. The van der Waals surface area contributed by atoms with Gasteiger partial charge in [-0.1, -0.05) is 13.3 Å². The van der Waals surface area contributed by atoms with Crippen molar-refractivity contribution in [2.24, 2.45) is 23.1 Å². The third-order valence-electron chi connectivity index (χ3n) is 7.93. The van der Waals surface area contributed by atoms with Crippen LogP contribution in [-0.4, -0.2) is 120 Å². The van der Waals surface area contributed by atoms with Gasteiger partial charge in [0.1, 0.15) is 30.2 Å². The van der Waals surface area contributed by atoms with Crippen molar-refractivity contribution in [3.63, 3.8) is 0 Å². The predicted octanol–water partition coefficient (Wildman–Crippen LogP) is -2.89. The lowest BCUT2D eigenvalue weighted by Crippen LogP contribution is -2.67. The maximum Gasteiger partial charge on any atom is 0.250 e. The van der Waals surface area contributed by atoms with E-state index in [2.05, 4.69) is 10.6 Å². The molecule has 14 heteroatoms. The highest BCUT2D eigenvalue weighted by atomic mass is 16.7. The Morgan fingerprint density at radius 2 is 2.00 bits per heavy atom. The highest BCUT2D eigenvalue weighted by Crippen LogP contribution is 2.35. The van der Waals surface area contributed by atoms with Crippen LogP contribution in [0.3, 0.4) is 0 Å². The van der Waals surface area contributed by atoms with E-state index in [0.717, 1.165) is 0 Å². The van der Waals surface area contributed by atoms with Crippen molar-refractivity contribution in [3.05, 3.63) is 11.8 Å². The van der Waals surface area contributed by atoms with Gasteiger partial charge in [-0.15, -0.1) is 0 Å². The van der Waals surface area contributed by atoms with E-state index in [0.29, 0.717) is 44.5 Å². The quantitative estimate of drug-likeness (QED) is 0.100. The second-order valence-electron chi connectivity index (χ2n) is 11.2. The van der Waals surface area contributed by atoms with Gasteiger partial charge in [-0.2, -0.15) is 0 Å². The average Bonchev–Trinajstić information content (AvgIpc) is 2.92. The third-order valence-corrected chi connectivity index (χ3v) is 7.93. The zero-order chi connectivity index (χ0) is 29.4. The van der Waals surface area contributed by atoms with Crippen LogP contribution in [0.5, 0.6) is 0 Å². The summed E-state index contributed by atoms with van der Waals surface area (Å²) in [5.74, 6) is -0.177. The number of ether oxygens (including phenoxy) is 4. The van der Waals surface area contributed by atoms with Crippen LogP contribution in [0, 0.1) is 5.92 Å². The van der Waals surface area contributed by atoms with Gasteiger partial charge in [-0.25, -0.2) is 0 Å². The fourth-order valence-corrected chi connectivity index (χ4v) is 5.41. The number of nitrogens with one attached hydrogen (secondary N) is 2. The van der Waals surface area contributed by atoms with E-state index in [4.69, 9.17) is 41.3 Å². The van der Waals surface area contributed by atoms with Crippen molar-refractivity contribution in [1.82, 2.24) is 10.6 Å². The van der Waals surface area contributed by atoms with Gasteiger partial charge in [-0.05, 0) is 44.7 Å². The fourth-order valence-electron chi connectivity index (χ4n) is 5.41. The van der Waals surface area contributed by atoms with Gasteiger partial charge in [0.15, 0.2) is 6.29 Å². The minimum Gasteiger partial charge on any atom is -0.467 e. The zero-order valence-corrected chi connectivity index (χ0v) is 23.5. The van der Waals surface area contributed by atoms with Crippen molar-refractivity contribution in [2.45, 2.75) is 107 Å². The Morgan fingerprint density at radius 1 is 1.25 bits per heavy atom. The van der Waals surface area contributed by atoms with E-state index in [1.54, 1.807) is 6.92 Å². The highest BCUT2D eigenvalue weighted by molar-refractivity contribution is 5.81. The zero-order valence-electron chi connectivity index (χ0n) is 23.5. The lowest BCUT2D eigenvalue weighted by molar-refractivity contribution is -0.281. The van der Waals surface area contributed by atoms with Gasteiger partial charge >= 0.3 is 0 Å². The van der Waals surface area contributed by atoms with Crippen LogP contribution < -0.4 is 27.8 Å². The van der Waals surface area contributed by atoms with Gasteiger partial charge < -0.3 is 67.2 Å². The molecule has 40 heavy (non-hydrogen) atoms. The molecule has 0 radical (unpaired) electrons. The molecular weight excluding hydrogens is 526 g/mol. The lowest BCUT2D eigenvalue weighted by atomic mass is 9.82. The summed E-state index contributed by atoms with van der Waals surface area (Å²) in [6, 6.07) is -2.03. The first-order valence-electron chi connectivity index (χ1n) is 14.2. The molecule has 1 saturated heterocycles. The first-order chi connectivity index (χ1) is 19.0. The highest BCUT2D eigenvalue weighted by Gasteiger charge is 2.49. The van der Waals surface area contributed by atoms with Gasteiger partial charge in [0.2, 0.25) is 12.2 Å². The molecule has 2 aliphatic heterocycles. The summed E-state index contributed by atoms with van der Waals surface area (Å²) in [6.07, 6.45) is -2.16. The molecule has 0 aromatic rings. The molecule has 3 aliphatic rings. The maximum atomic E-state index is 12.5. The maximum absolute atomic E-state index is 12.5. The Bertz CT molecular complexity index is 834. The summed E-state index contributed by atoms with van der Waals surface area (Å²) in [6.45, 7) is 4.58. The predicted molar refractivity (Wildman–Crippen MR) is 144 cm³/mol. The number of aliphatic hydroxyl groups is 4. The Kier molecular flexibility index (Phi) is 12.5. The van der Waals surface area contributed by atoms with E-state index in [1.165, 1.54) is 0 Å². The SMILES string of the molecule is CC[C@@H]1CC(O[C@H]2C(NC(=O)[C@@H](O)CN)CC(N)[C@@H](O[C@H]3OC(CNCCCO)=CC[C@H]3N)[C@@H]2O)OC[C@]1(C)O. The molecule has 2 fully saturated rings. The summed E-state index contributed by atoms with van der Waals surface area (Å²) in [5.41, 5.74) is 17.1. The van der Waals surface area contributed by atoms with Crippen LogP contribution in [-0.2, 0) is 23.7 Å². The summed E-state index contributed by atoms with van der Waals surface area (Å²) < 4.78 is 24.1. The first-order valence-corrected chi connectivity index (χ1v) is 14.2. The second kappa shape index (κ2) is 15.2. The molecule has 14 nitrogen and oxygen atoms in total. The average molecular weight is 576 g/mol. The molecular formula is C26H49N5O9. The molecule has 0 aromatic heterocycles. The van der Waals surface area contributed by atoms with E-state index in [-0.39, 0.29) is 32.1 Å². The van der Waals surface area contributed by atoms with Crippen molar-refractivity contribution in [2.75, 3.05) is 32.8 Å². The Balaban J connectivity index is 1.73. The minimum atomic E-state index is -1.43. The molecule has 0 bridgehead atoms. The van der Waals surface area contributed by atoms with E-state index >= 15 is 0 Å².